The van der Waals surface area contributed by atoms with E-state index < -0.39 is 11.3 Å². The number of hydrogen-bond acceptors (Lipinski definition) is 6. The Hall–Kier alpha value is -4.17. The Kier molecular flexibility index (Phi) is 5.97. The maximum Gasteiger partial charge on any atom is 0.419 e. The molecule has 0 bridgehead atoms. The fourth-order valence-electron chi connectivity index (χ4n) is 4.12. The van der Waals surface area contributed by atoms with Crippen LogP contribution in [0.25, 0.3) is 11.0 Å². The van der Waals surface area contributed by atoms with Crippen LogP contribution >= 0.6 is 0 Å². The number of anilines is 2. The first-order chi connectivity index (χ1) is 16.6. The Morgan fingerprint density at radius 3 is 2.41 bits per heavy atom. The molecule has 8 heteroatoms. The van der Waals surface area contributed by atoms with E-state index in [1.807, 2.05) is 42.5 Å². The molecule has 172 valence electrons. The fourth-order valence-corrected chi connectivity index (χ4v) is 4.12. The number of amides is 1. The van der Waals surface area contributed by atoms with Crippen molar-refractivity contribution in [3.63, 3.8) is 0 Å². The van der Waals surface area contributed by atoms with Crippen molar-refractivity contribution in [1.82, 2.24) is 4.98 Å². The van der Waals surface area contributed by atoms with Crippen molar-refractivity contribution in [2.24, 2.45) is 0 Å². The van der Waals surface area contributed by atoms with E-state index in [0.717, 1.165) is 48.8 Å². The highest BCUT2D eigenvalue weighted by Crippen LogP contribution is 2.21. The highest BCUT2D eigenvalue weighted by atomic mass is 16.5. The number of benzene rings is 3. The summed E-state index contributed by atoms with van der Waals surface area (Å²) < 4.78 is 10.5. The lowest BCUT2D eigenvalue weighted by molar-refractivity contribution is 0.102. The van der Waals surface area contributed by atoms with Crippen LogP contribution in [0.3, 0.4) is 0 Å². The van der Waals surface area contributed by atoms with E-state index in [1.54, 1.807) is 24.3 Å². The number of fused-ring (bicyclic) bond motifs is 1. The first-order valence-corrected chi connectivity index (χ1v) is 11.0. The lowest BCUT2D eigenvalue weighted by Gasteiger charge is -2.28. The smallest absolute Gasteiger partial charge is 0.409 e. The first kappa shape index (κ1) is 21.7. The second-order valence-electron chi connectivity index (χ2n) is 8.11. The number of carbonyl (C=O) groups is 1. The molecule has 0 aliphatic carbocycles. The predicted octanol–water partition coefficient (Wildman–Crippen LogP) is 3.16. The molecule has 0 unspecified atom stereocenters. The van der Waals surface area contributed by atoms with Gasteiger partial charge in [-0.15, -0.1) is 0 Å². The lowest BCUT2D eigenvalue weighted by Crippen LogP contribution is -2.36. The second kappa shape index (κ2) is 9.36. The minimum atomic E-state index is -0.777. The summed E-state index contributed by atoms with van der Waals surface area (Å²) in [6.45, 7) is 3.17. The number of ether oxygens (including phenoxy) is 1. The normalized spacial score (nSPS) is 13.7. The molecule has 0 saturated carbocycles. The number of rotatable bonds is 5. The Bertz CT molecular complexity index is 1430. The Morgan fingerprint density at radius 2 is 1.68 bits per heavy atom. The molecule has 1 fully saturated rings. The number of aromatic nitrogens is 1. The Labute approximate surface area is 194 Å². The number of hydrogen-bond donors (Lipinski definition) is 2. The third kappa shape index (κ3) is 4.62. The molecule has 1 aromatic heterocycles. The van der Waals surface area contributed by atoms with Crippen LogP contribution in [0.2, 0.25) is 0 Å². The molecule has 1 aliphatic rings. The van der Waals surface area contributed by atoms with E-state index in [0.29, 0.717) is 17.4 Å². The number of nitrogens with one attached hydrogen (secondary N) is 2. The SMILES string of the molecule is O=C(Nc1ccc(N2CCOCC2)cc1)c1ccc(Cc2cccc3oc(=O)[nH]c(=O)c23)cc1. The van der Waals surface area contributed by atoms with Crippen molar-refractivity contribution in [2.75, 3.05) is 36.5 Å². The quantitative estimate of drug-likeness (QED) is 0.477. The summed E-state index contributed by atoms with van der Waals surface area (Å²) in [7, 11) is 0. The zero-order valence-electron chi connectivity index (χ0n) is 18.4. The number of aromatic amines is 1. The maximum absolute atomic E-state index is 12.7. The zero-order valence-corrected chi connectivity index (χ0v) is 18.4. The van der Waals surface area contributed by atoms with Gasteiger partial charge in [0.25, 0.3) is 11.5 Å². The average Bonchev–Trinajstić information content (AvgIpc) is 2.85. The summed E-state index contributed by atoms with van der Waals surface area (Å²) in [4.78, 5) is 40.8. The second-order valence-corrected chi connectivity index (χ2v) is 8.11. The van der Waals surface area contributed by atoms with E-state index in [4.69, 9.17) is 9.15 Å². The van der Waals surface area contributed by atoms with Gasteiger partial charge < -0.3 is 19.4 Å². The van der Waals surface area contributed by atoms with Gasteiger partial charge in [-0.1, -0.05) is 24.3 Å². The topological polar surface area (TPSA) is 105 Å². The van der Waals surface area contributed by atoms with Crippen LogP contribution in [0.1, 0.15) is 21.5 Å². The predicted molar refractivity (Wildman–Crippen MR) is 130 cm³/mol. The molecule has 2 N–H and O–H groups in total. The van der Waals surface area contributed by atoms with Crippen LogP contribution in [0.5, 0.6) is 0 Å². The maximum atomic E-state index is 12.7. The van der Waals surface area contributed by atoms with Crippen LogP contribution < -0.4 is 21.5 Å². The van der Waals surface area contributed by atoms with Gasteiger partial charge in [0.1, 0.15) is 5.58 Å². The van der Waals surface area contributed by atoms with Crippen LogP contribution in [-0.4, -0.2) is 37.2 Å². The summed E-state index contributed by atoms with van der Waals surface area (Å²) >= 11 is 0. The summed E-state index contributed by atoms with van der Waals surface area (Å²) in [5.74, 6) is -0.977. The van der Waals surface area contributed by atoms with Crippen LogP contribution in [-0.2, 0) is 11.2 Å². The molecule has 0 radical (unpaired) electrons. The van der Waals surface area contributed by atoms with Gasteiger partial charge in [0.15, 0.2) is 0 Å². The largest absolute Gasteiger partial charge is 0.419 e. The van der Waals surface area contributed by atoms with Crippen molar-refractivity contribution >= 4 is 28.3 Å². The summed E-state index contributed by atoms with van der Waals surface area (Å²) in [5.41, 5.74) is 3.80. The van der Waals surface area contributed by atoms with Gasteiger partial charge in [-0.25, -0.2) is 4.79 Å². The molecular weight excluding hydrogens is 434 g/mol. The van der Waals surface area contributed by atoms with Gasteiger partial charge in [0, 0.05) is 30.0 Å². The van der Waals surface area contributed by atoms with Gasteiger partial charge in [-0.2, -0.15) is 0 Å². The number of nitrogens with zero attached hydrogens (tertiary/aromatic N) is 1. The van der Waals surface area contributed by atoms with Gasteiger partial charge >= 0.3 is 5.76 Å². The molecule has 1 amide bonds. The zero-order chi connectivity index (χ0) is 23.5. The highest BCUT2D eigenvalue weighted by Gasteiger charge is 2.13. The average molecular weight is 457 g/mol. The number of H-pyrrole nitrogens is 1. The first-order valence-electron chi connectivity index (χ1n) is 11.0. The van der Waals surface area contributed by atoms with Crippen LogP contribution in [0.15, 0.2) is 80.7 Å². The van der Waals surface area contributed by atoms with Crippen molar-refractivity contribution in [3.8, 4) is 0 Å². The van der Waals surface area contributed by atoms with Gasteiger partial charge in [0.05, 0.1) is 18.6 Å². The van der Waals surface area contributed by atoms with Crippen LogP contribution in [0, 0.1) is 0 Å². The van der Waals surface area contributed by atoms with E-state index >= 15 is 0 Å². The molecule has 1 saturated heterocycles. The molecular formula is C26H23N3O5. The molecule has 34 heavy (non-hydrogen) atoms. The van der Waals surface area contributed by atoms with Gasteiger partial charge in [0.2, 0.25) is 0 Å². The van der Waals surface area contributed by atoms with E-state index in [9.17, 15) is 14.4 Å². The van der Waals surface area contributed by atoms with Crippen LogP contribution in [0.4, 0.5) is 11.4 Å². The molecule has 3 aromatic carbocycles. The van der Waals surface area contributed by atoms with E-state index in [1.165, 1.54) is 0 Å². The van der Waals surface area contributed by atoms with Gasteiger partial charge in [-0.3, -0.25) is 14.6 Å². The third-order valence-corrected chi connectivity index (χ3v) is 5.87. The molecule has 1 aliphatic heterocycles. The Balaban J connectivity index is 1.27. The molecule has 4 aromatic rings. The summed E-state index contributed by atoms with van der Waals surface area (Å²) in [6.07, 6.45) is 0.457. The minimum Gasteiger partial charge on any atom is -0.409 e. The van der Waals surface area contributed by atoms with Crippen molar-refractivity contribution < 1.29 is 13.9 Å². The minimum absolute atomic E-state index is 0.200. The highest BCUT2D eigenvalue weighted by molar-refractivity contribution is 6.04. The van der Waals surface area contributed by atoms with Crippen molar-refractivity contribution in [2.45, 2.75) is 6.42 Å². The molecule has 8 nitrogen and oxygen atoms in total. The Morgan fingerprint density at radius 1 is 0.941 bits per heavy atom. The fraction of sp³-hybridized carbons (Fsp3) is 0.192. The summed E-state index contributed by atoms with van der Waals surface area (Å²) in [6, 6.07) is 20.1. The van der Waals surface area contributed by atoms with Crippen molar-refractivity contribution in [3.05, 3.63) is 104 Å². The number of carbonyl (C=O) groups excluding carboxylic acids is 1. The van der Waals surface area contributed by atoms with E-state index in [2.05, 4.69) is 15.2 Å². The van der Waals surface area contributed by atoms with E-state index in [-0.39, 0.29) is 11.5 Å². The standard InChI is InChI=1S/C26H23N3O5/c30-24(27-20-8-10-21(11-9-20)29-12-14-33-15-13-29)18-6-4-17(5-7-18)16-19-2-1-3-22-23(19)25(31)28-26(32)34-22/h1-11H,12-16H2,(H,27,30)(H,28,31,32). The number of morpholine rings is 1. The third-order valence-electron chi connectivity index (χ3n) is 5.87. The molecule has 5 rings (SSSR count). The molecule has 0 atom stereocenters. The molecule has 2 heterocycles. The van der Waals surface area contributed by atoms with Gasteiger partial charge in [-0.05, 0) is 60.0 Å². The van der Waals surface area contributed by atoms with Crippen molar-refractivity contribution in [1.29, 1.82) is 0 Å². The molecule has 0 spiro atoms. The monoisotopic (exact) mass is 457 g/mol. The lowest BCUT2D eigenvalue weighted by atomic mass is 10.0. The summed E-state index contributed by atoms with van der Waals surface area (Å²) in [5, 5.41) is 3.28.